The lowest BCUT2D eigenvalue weighted by Crippen LogP contribution is -2.39. The van der Waals surface area contributed by atoms with Crippen molar-refractivity contribution in [3.05, 3.63) is 27.0 Å². The summed E-state index contributed by atoms with van der Waals surface area (Å²) in [5, 5.41) is 22.1. The summed E-state index contributed by atoms with van der Waals surface area (Å²) in [4.78, 5) is 30.8. The molecular formula is C21H28N4O10. The largest absolute Gasteiger partial charge is 0.394 e. The topological polar surface area (TPSA) is 169 Å². The predicted molar refractivity (Wildman–Crippen MR) is 114 cm³/mol. The second-order valence-corrected chi connectivity index (χ2v) is 10.1. The van der Waals surface area contributed by atoms with Gasteiger partial charge in [-0.2, -0.15) is 0 Å². The van der Waals surface area contributed by atoms with E-state index in [2.05, 4.69) is 10.1 Å². The first-order chi connectivity index (χ1) is 16.5. The van der Waals surface area contributed by atoms with E-state index in [-0.39, 0.29) is 24.2 Å². The number of aliphatic hydroxyl groups excluding tert-OH is 2. The SMILES string of the molecule is CC1(C)O[C@@H]2[C@H](O1)[C@@H](CO)O[C@H]2n1[nH]c(=O)c2ncn([C@@H]3O[C@H](CO)[C@H]4OC(C)(C)O[C@H]43)c2c1=O. The Kier molecular flexibility index (Phi) is 5.09. The molecule has 6 rings (SSSR count). The van der Waals surface area contributed by atoms with Gasteiger partial charge in [-0.05, 0) is 27.7 Å². The van der Waals surface area contributed by atoms with Crippen LogP contribution in [0.4, 0.5) is 0 Å². The predicted octanol–water partition coefficient (Wildman–Crippen LogP) is -1.29. The van der Waals surface area contributed by atoms with Crippen LogP contribution in [0.15, 0.2) is 15.9 Å². The smallest absolute Gasteiger partial charge is 0.294 e. The normalized spacial score (nSPS) is 39.4. The number of fused-ring (bicyclic) bond motifs is 3. The van der Waals surface area contributed by atoms with Crippen molar-refractivity contribution in [3.8, 4) is 0 Å². The van der Waals surface area contributed by atoms with Gasteiger partial charge in [-0.15, -0.1) is 0 Å². The number of ether oxygens (including phenoxy) is 6. The van der Waals surface area contributed by atoms with Crippen LogP contribution in [0, 0.1) is 0 Å². The molecule has 35 heavy (non-hydrogen) atoms. The minimum Gasteiger partial charge on any atom is -0.394 e. The Hall–Kier alpha value is -2.17. The van der Waals surface area contributed by atoms with Gasteiger partial charge in [0.05, 0.1) is 19.5 Å². The van der Waals surface area contributed by atoms with Gasteiger partial charge in [-0.1, -0.05) is 0 Å². The lowest BCUT2D eigenvalue weighted by atomic mass is 10.1. The maximum absolute atomic E-state index is 13.7. The Balaban J connectivity index is 1.44. The Morgan fingerprint density at radius 3 is 1.97 bits per heavy atom. The number of aromatic amines is 1. The molecule has 3 N–H and O–H groups in total. The Labute approximate surface area is 198 Å². The number of hydrogen-bond acceptors (Lipinski definition) is 11. The van der Waals surface area contributed by atoms with Crippen LogP contribution < -0.4 is 11.1 Å². The summed E-state index contributed by atoms with van der Waals surface area (Å²) in [7, 11) is 0. The number of aromatic nitrogens is 4. The van der Waals surface area contributed by atoms with Crippen molar-refractivity contribution in [3.63, 3.8) is 0 Å². The minimum atomic E-state index is -1.06. The first-order valence-electron chi connectivity index (χ1n) is 11.5. The van der Waals surface area contributed by atoms with Crippen LogP contribution in [0.2, 0.25) is 0 Å². The third-order valence-electron chi connectivity index (χ3n) is 6.79. The van der Waals surface area contributed by atoms with Crippen LogP contribution in [0.5, 0.6) is 0 Å². The molecule has 0 aliphatic carbocycles. The molecule has 6 heterocycles. The maximum Gasteiger partial charge on any atom is 0.294 e. The monoisotopic (exact) mass is 496 g/mol. The van der Waals surface area contributed by atoms with Crippen molar-refractivity contribution in [1.29, 1.82) is 0 Å². The number of aliphatic hydroxyl groups is 2. The fourth-order valence-corrected chi connectivity index (χ4v) is 5.48. The molecular weight excluding hydrogens is 468 g/mol. The van der Waals surface area contributed by atoms with Crippen LogP contribution in [0.3, 0.4) is 0 Å². The number of rotatable bonds is 4. The van der Waals surface area contributed by atoms with Crippen LogP contribution in [-0.4, -0.2) is 91.0 Å². The van der Waals surface area contributed by atoms with Crippen molar-refractivity contribution >= 4 is 11.0 Å². The Morgan fingerprint density at radius 2 is 1.40 bits per heavy atom. The first-order valence-corrected chi connectivity index (χ1v) is 11.5. The zero-order chi connectivity index (χ0) is 24.9. The summed E-state index contributed by atoms with van der Waals surface area (Å²) < 4.78 is 38.0. The van der Waals surface area contributed by atoms with E-state index in [0.717, 1.165) is 4.68 Å². The summed E-state index contributed by atoms with van der Waals surface area (Å²) in [5.74, 6) is -1.88. The highest BCUT2D eigenvalue weighted by Crippen LogP contribution is 2.44. The van der Waals surface area contributed by atoms with Gasteiger partial charge >= 0.3 is 0 Å². The van der Waals surface area contributed by atoms with E-state index in [1.807, 2.05) is 0 Å². The zero-order valence-corrected chi connectivity index (χ0v) is 19.6. The zero-order valence-electron chi connectivity index (χ0n) is 19.6. The summed E-state index contributed by atoms with van der Waals surface area (Å²) in [6, 6.07) is 0. The van der Waals surface area contributed by atoms with Gasteiger partial charge < -0.3 is 38.6 Å². The molecule has 4 saturated heterocycles. The molecule has 2 aromatic heterocycles. The minimum absolute atomic E-state index is 0.0323. The van der Waals surface area contributed by atoms with Gasteiger partial charge in [0.25, 0.3) is 11.1 Å². The average molecular weight is 496 g/mol. The molecule has 4 aliphatic rings. The second kappa shape index (κ2) is 7.66. The molecule has 0 amide bonds. The maximum atomic E-state index is 13.7. The molecule has 0 unspecified atom stereocenters. The molecule has 14 heteroatoms. The van der Waals surface area contributed by atoms with Gasteiger partial charge in [0.15, 0.2) is 29.5 Å². The molecule has 14 nitrogen and oxygen atoms in total. The highest BCUT2D eigenvalue weighted by atomic mass is 16.8. The summed E-state index contributed by atoms with van der Waals surface area (Å²) >= 11 is 0. The summed E-state index contributed by atoms with van der Waals surface area (Å²) in [6.45, 7) is 6.26. The van der Waals surface area contributed by atoms with E-state index in [1.165, 1.54) is 10.9 Å². The average Bonchev–Trinajstić information content (AvgIpc) is 3.55. The fraction of sp³-hybridized carbons (Fsp3) is 0.762. The van der Waals surface area contributed by atoms with Crippen molar-refractivity contribution in [2.45, 2.75) is 88.3 Å². The third kappa shape index (κ3) is 3.43. The molecule has 4 aliphatic heterocycles. The van der Waals surface area contributed by atoms with Gasteiger partial charge in [0.2, 0.25) is 0 Å². The van der Waals surface area contributed by atoms with Gasteiger partial charge in [0.1, 0.15) is 42.1 Å². The molecule has 192 valence electrons. The van der Waals surface area contributed by atoms with Gasteiger partial charge in [-0.25, -0.2) is 9.67 Å². The van der Waals surface area contributed by atoms with Crippen molar-refractivity contribution in [2.75, 3.05) is 13.2 Å². The third-order valence-corrected chi connectivity index (χ3v) is 6.79. The number of imidazole rings is 1. The Morgan fingerprint density at radius 1 is 0.886 bits per heavy atom. The van der Waals surface area contributed by atoms with Crippen LogP contribution in [0.1, 0.15) is 40.2 Å². The molecule has 8 atom stereocenters. The van der Waals surface area contributed by atoms with E-state index in [1.54, 1.807) is 27.7 Å². The van der Waals surface area contributed by atoms with E-state index >= 15 is 0 Å². The number of nitrogens with one attached hydrogen (secondary N) is 1. The quantitative estimate of drug-likeness (QED) is 0.460. The number of H-pyrrole nitrogens is 1. The van der Waals surface area contributed by atoms with E-state index in [9.17, 15) is 19.8 Å². The lowest BCUT2D eigenvalue weighted by Gasteiger charge is -2.25. The van der Waals surface area contributed by atoms with Crippen LogP contribution >= 0.6 is 0 Å². The van der Waals surface area contributed by atoms with E-state index in [4.69, 9.17) is 28.4 Å². The molecule has 2 aromatic rings. The van der Waals surface area contributed by atoms with Gasteiger partial charge in [0, 0.05) is 0 Å². The van der Waals surface area contributed by atoms with E-state index in [0.29, 0.717) is 0 Å². The highest BCUT2D eigenvalue weighted by Gasteiger charge is 2.57. The molecule has 0 saturated carbocycles. The highest BCUT2D eigenvalue weighted by molar-refractivity contribution is 5.73. The van der Waals surface area contributed by atoms with Gasteiger partial charge in [-0.3, -0.25) is 19.3 Å². The standard InChI is InChI=1S/C21H28N4O10/c1-20(2)32-12-8(5-26)30-18(14(12)34-20)24-7-22-10-11(24)17(29)25(23-16(10)28)19-15-13(9(6-27)31-19)33-21(3,4)35-15/h7-9,12-15,18-19,26-27H,5-6H2,1-4H3,(H,23,28)/t8-,9-,12-,13-,14-,15-,18-,19-/m1/s1. The molecule has 0 aromatic carbocycles. The van der Waals surface area contributed by atoms with Crippen LogP contribution in [-0.2, 0) is 28.4 Å². The fourth-order valence-electron chi connectivity index (χ4n) is 5.48. The van der Waals surface area contributed by atoms with E-state index < -0.39 is 71.8 Å². The molecule has 0 radical (unpaired) electrons. The summed E-state index contributed by atoms with van der Waals surface area (Å²) in [6.07, 6.45) is -4.65. The molecule has 4 fully saturated rings. The number of nitrogens with zero attached hydrogens (tertiary/aromatic N) is 3. The number of hydrogen-bond donors (Lipinski definition) is 3. The molecule has 0 spiro atoms. The Bertz CT molecular complexity index is 1270. The molecule has 0 bridgehead atoms. The van der Waals surface area contributed by atoms with Crippen molar-refractivity contribution in [2.24, 2.45) is 0 Å². The second-order valence-electron chi connectivity index (χ2n) is 10.1. The van der Waals surface area contributed by atoms with Crippen molar-refractivity contribution in [1.82, 2.24) is 19.3 Å². The van der Waals surface area contributed by atoms with Crippen LogP contribution in [0.25, 0.3) is 11.0 Å². The van der Waals surface area contributed by atoms with Crippen molar-refractivity contribution < 1.29 is 38.6 Å². The first kappa shape index (κ1) is 23.2. The summed E-state index contributed by atoms with van der Waals surface area (Å²) in [5.41, 5.74) is -1.36. The lowest BCUT2D eigenvalue weighted by molar-refractivity contribution is -0.202.